The summed E-state index contributed by atoms with van der Waals surface area (Å²) in [6, 6.07) is 11.0. The van der Waals surface area contributed by atoms with Gasteiger partial charge in [-0.15, -0.1) is 0 Å². The number of amides is 1. The number of hydrogen-bond acceptors (Lipinski definition) is 5. The third kappa shape index (κ3) is 5.31. The molecule has 0 radical (unpaired) electrons. The van der Waals surface area contributed by atoms with Gasteiger partial charge in [0.25, 0.3) is 0 Å². The van der Waals surface area contributed by atoms with E-state index < -0.39 is 6.04 Å². The molecule has 6 nitrogen and oxygen atoms in total. The number of carbonyl (C=O) groups excluding carboxylic acids is 1. The quantitative estimate of drug-likeness (QED) is 0.690. The van der Waals surface area contributed by atoms with Crippen LogP contribution in [-0.4, -0.2) is 40.2 Å². The minimum Gasteiger partial charge on any atom is -0.395 e. The normalized spacial score (nSPS) is 12.0. The molecule has 0 aliphatic heterocycles. The lowest BCUT2D eigenvalue weighted by atomic mass is 10.0. The van der Waals surface area contributed by atoms with Crippen molar-refractivity contribution in [1.82, 2.24) is 15.3 Å². The Bertz CT molecular complexity index is 646. The first-order valence-corrected chi connectivity index (χ1v) is 8.13. The Balaban J connectivity index is 2.15. The van der Waals surface area contributed by atoms with Gasteiger partial charge in [-0.25, -0.2) is 9.97 Å². The van der Waals surface area contributed by atoms with Crippen molar-refractivity contribution in [3.63, 3.8) is 0 Å². The second-order valence-corrected chi connectivity index (χ2v) is 5.97. The molecule has 2 rings (SSSR count). The van der Waals surface area contributed by atoms with Crippen LogP contribution < -0.4 is 10.6 Å². The molecule has 0 spiro atoms. The molecule has 6 heteroatoms. The van der Waals surface area contributed by atoms with Gasteiger partial charge < -0.3 is 15.7 Å². The molecule has 1 heterocycles. The summed E-state index contributed by atoms with van der Waals surface area (Å²) in [6.45, 7) is 4.28. The molecule has 0 unspecified atom stereocenters. The summed E-state index contributed by atoms with van der Waals surface area (Å²) in [6.07, 6.45) is 2.34. The molecule has 0 bridgehead atoms. The van der Waals surface area contributed by atoms with Crippen LogP contribution in [0, 0.1) is 5.92 Å². The molecular weight excluding hydrogens is 304 g/mol. The van der Waals surface area contributed by atoms with Crippen molar-refractivity contribution < 1.29 is 9.90 Å². The Labute approximate surface area is 142 Å². The fourth-order valence-electron chi connectivity index (χ4n) is 2.35. The number of aliphatic hydroxyl groups excluding tert-OH is 1. The van der Waals surface area contributed by atoms with Gasteiger partial charge in [0.15, 0.2) is 5.82 Å². The first-order valence-electron chi connectivity index (χ1n) is 8.13. The number of carbonyl (C=O) groups is 1. The van der Waals surface area contributed by atoms with E-state index in [2.05, 4.69) is 34.4 Å². The van der Waals surface area contributed by atoms with Crippen LogP contribution in [0.2, 0.25) is 0 Å². The molecule has 0 saturated heterocycles. The number of anilines is 1. The Morgan fingerprint density at radius 2 is 1.96 bits per heavy atom. The zero-order valence-electron chi connectivity index (χ0n) is 14.1. The van der Waals surface area contributed by atoms with Crippen LogP contribution in [0.4, 0.5) is 5.82 Å². The maximum absolute atomic E-state index is 12.3. The van der Waals surface area contributed by atoms with E-state index in [1.54, 1.807) is 12.3 Å². The maximum atomic E-state index is 12.3. The van der Waals surface area contributed by atoms with Gasteiger partial charge in [-0.1, -0.05) is 44.2 Å². The van der Waals surface area contributed by atoms with Crippen molar-refractivity contribution >= 4 is 11.7 Å². The number of nitrogens with zero attached hydrogens (tertiary/aromatic N) is 2. The van der Waals surface area contributed by atoms with E-state index in [0.717, 1.165) is 5.56 Å². The first kappa shape index (κ1) is 17.9. The van der Waals surface area contributed by atoms with Crippen LogP contribution >= 0.6 is 0 Å². The lowest BCUT2D eigenvalue weighted by molar-refractivity contribution is -0.122. The predicted octanol–water partition coefficient (Wildman–Crippen LogP) is 2.08. The molecule has 0 aliphatic rings. The van der Waals surface area contributed by atoms with Crippen LogP contribution in [0.1, 0.15) is 20.3 Å². The summed E-state index contributed by atoms with van der Waals surface area (Å²) < 4.78 is 0. The van der Waals surface area contributed by atoms with Gasteiger partial charge in [0.2, 0.25) is 5.91 Å². The van der Waals surface area contributed by atoms with E-state index >= 15 is 0 Å². The Morgan fingerprint density at radius 3 is 2.62 bits per heavy atom. The number of nitrogens with one attached hydrogen (secondary N) is 2. The minimum atomic E-state index is -0.407. The van der Waals surface area contributed by atoms with Crippen molar-refractivity contribution in [3.8, 4) is 11.4 Å². The molecule has 0 saturated carbocycles. The molecule has 1 aromatic heterocycles. The molecule has 3 N–H and O–H groups in total. The predicted molar refractivity (Wildman–Crippen MR) is 94.4 cm³/mol. The first-order chi connectivity index (χ1) is 11.6. The van der Waals surface area contributed by atoms with E-state index in [4.69, 9.17) is 5.11 Å². The van der Waals surface area contributed by atoms with E-state index in [1.807, 2.05) is 30.3 Å². The van der Waals surface area contributed by atoms with Gasteiger partial charge in [-0.2, -0.15) is 0 Å². The molecule has 1 aromatic carbocycles. The number of rotatable bonds is 8. The fourth-order valence-corrected chi connectivity index (χ4v) is 2.35. The van der Waals surface area contributed by atoms with Crippen molar-refractivity contribution in [2.75, 3.05) is 18.5 Å². The van der Waals surface area contributed by atoms with Crippen molar-refractivity contribution in [3.05, 3.63) is 42.6 Å². The molecule has 128 valence electrons. The minimum absolute atomic E-state index is 0.0776. The highest BCUT2D eigenvalue weighted by molar-refractivity contribution is 5.84. The van der Waals surface area contributed by atoms with Gasteiger partial charge in [0, 0.05) is 18.3 Å². The SMILES string of the molecule is CC(C)C[C@H](Nc1ccnc(-c2ccccc2)n1)C(=O)NCCO. The Kier molecular flexibility index (Phi) is 6.69. The van der Waals surface area contributed by atoms with E-state index in [9.17, 15) is 4.79 Å². The Hall–Kier alpha value is -2.47. The number of aromatic nitrogens is 2. The molecular formula is C18H24N4O2. The second kappa shape index (κ2) is 8.98. The third-order valence-electron chi connectivity index (χ3n) is 3.44. The summed E-state index contributed by atoms with van der Waals surface area (Å²) in [4.78, 5) is 21.1. The van der Waals surface area contributed by atoms with Gasteiger partial charge in [0.05, 0.1) is 6.61 Å². The molecule has 1 amide bonds. The summed E-state index contributed by atoms with van der Waals surface area (Å²) >= 11 is 0. The lowest BCUT2D eigenvalue weighted by Crippen LogP contribution is -2.41. The van der Waals surface area contributed by atoms with E-state index in [-0.39, 0.29) is 19.1 Å². The van der Waals surface area contributed by atoms with Gasteiger partial charge in [-0.05, 0) is 18.4 Å². The van der Waals surface area contributed by atoms with Crippen LogP contribution in [0.3, 0.4) is 0 Å². The highest BCUT2D eigenvalue weighted by atomic mass is 16.3. The van der Waals surface area contributed by atoms with E-state index in [1.165, 1.54) is 0 Å². The summed E-state index contributed by atoms with van der Waals surface area (Å²) in [5.41, 5.74) is 0.922. The van der Waals surface area contributed by atoms with Crippen molar-refractivity contribution in [1.29, 1.82) is 0 Å². The highest BCUT2D eigenvalue weighted by Crippen LogP contribution is 2.17. The average molecular weight is 328 g/mol. The van der Waals surface area contributed by atoms with Gasteiger partial charge in [0.1, 0.15) is 11.9 Å². The molecule has 24 heavy (non-hydrogen) atoms. The Morgan fingerprint density at radius 1 is 1.21 bits per heavy atom. The van der Waals surface area contributed by atoms with Gasteiger partial charge in [-0.3, -0.25) is 4.79 Å². The standard InChI is InChI=1S/C18H24N4O2/c1-13(2)12-15(18(24)20-10-11-23)21-16-8-9-19-17(22-16)14-6-4-3-5-7-14/h3-9,13,15,23H,10-12H2,1-2H3,(H,20,24)(H,19,21,22)/t15-/m0/s1. The topological polar surface area (TPSA) is 87.1 Å². The van der Waals surface area contributed by atoms with Crippen LogP contribution in [0.15, 0.2) is 42.6 Å². The lowest BCUT2D eigenvalue weighted by Gasteiger charge is -2.20. The number of aliphatic hydroxyl groups is 1. The van der Waals surface area contributed by atoms with Crippen LogP contribution in [0.5, 0.6) is 0 Å². The summed E-state index contributed by atoms with van der Waals surface area (Å²) in [5, 5.41) is 14.8. The average Bonchev–Trinajstić information content (AvgIpc) is 2.59. The number of benzene rings is 1. The fraction of sp³-hybridized carbons (Fsp3) is 0.389. The molecule has 0 fully saturated rings. The number of hydrogen-bond donors (Lipinski definition) is 3. The zero-order chi connectivity index (χ0) is 17.4. The third-order valence-corrected chi connectivity index (χ3v) is 3.44. The van der Waals surface area contributed by atoms with Gasteiger partial charge >= 0.3 is 0 Å². The molecule has 0 aliphatic carbocycles. The van der Waals surface area contributed by atoms with Crippen molar-refractivity contribution in [2.24, 2.45) is 5.92 Å². The zero-order valence-corrected chi connectivity index (χ0v) is 14.1. The summed E-state index contributed by atoms with van der Waals surface area (Å²) in [5.74, 6) is 1.42. The summed E-state index contributed by atoms with van der Waals surface area (Å²) in [7, 11) is 0. The molecule has 2 aromatic rings. The molecule has 1 atom stereocenters. The smallest absolute Gasteiger partial charge is 0.242 e. The highest BCUT2D eigenvalue weighted by Gasteiger charge is 2.20. The van der Waals surface area contributed by atoms with E-state index in [0.29, 0.717) is 24.0 Å². The monoisotopic (exact) mass is 328 g/mol. The largest absolute Gasteiger partial charge is 0.395 e. The van der Waals surface area contributed by atoms with Crippen molar-refractivity contribution in [2.45, 2.75) is 26.3 Å². The maximum Gasteiger partial charge on any atom is 0.242 e. The van der Waals surface area contributed by atoms with Crippen LogP contribution in [0.25, 0.3) is 11.4 Å². The van der Waals surface area contributed by atoms with Crippen LogP contribution in [-0.2, 0) is 4.79 Å². The second-order valence-electron chi connectivity index (χ2n) is 5.97.